The van der Waals surface area contributed by atoms with Crippen LogP contribution in [0.1, 0.15) is 17.5 Å². The van der Waals surface area contributed by atoms with Gasteiger partial charge in [0.15, 0.2) is 0 Å². The van der Waals surface area contributed by atoms with Gasteiger partial charge in [0.2, 0.25) is 0 Å². The third-order valence-electron chi connectivity index (χ3n) is 1.95. The molecule has 1 heterocycles. The van der Waals surface area contributed by atoms with Crippen LogP contribution in [0.2, 0.25) is 0 Å². The van der Waals surface area contributed by atoms with Gasteiger partial charge in [0.25, 0.3) is 0 Å². The maximum absolute atomic E-state index is 11.7. The van der Waals surface area contributed by atoms with Gasteiger partial charge in [-0.25, -0.2) is 0 Å². The minimum atomic E-state index is -0.251. The van der Waals surface area contributed by atoms with E-state index in [1.807, 2.05) is 19.2 Å². The van der Waals surface area contributed by atoms with Gasteiger partial charge in [-0.3, -0.25) is 9.37 Å². The Balaban J connectivity index is 2.32. The van der Waals surface area contributed by atoms with Crippen LogP contribution in [0.15, 0.2) is 18.5 Å². The molecule has 0 aliphatic rings. The van der Waals surface area contributed by atoms with Gasteiger partial charge in [0.05, 0.1) is 6.67 Å². The zero-order valence-corrected chi connectivity index (χ0v) is 7.89. The number of aromatic nitrogens is 1. The Kier molecular flexibility index (Phi) is 4.40. The average Bonchev–Trinajstić information content (AvgIpc) is 2.15. The predicted octanol–water partition coefficient (Wildman–Crippen LogP) is 1.84. The van der Waals surface area contributed by atoms with Crippen molar-refractivity contribution in [2.45, 2.75) is 19.9 Å². The van der Waals surface area contributed by atoms with Crippen LogP contribution in [0.3, 0.4) is 0 Å². The Morgan fingerprint density at radius 2 is 2.38 bits per heavy atom. The standard InChI is InChI=1S/C10H15FN2/c1-9-3-6-13-8-10(9)7-12-5-2-4-11/h3,6,8,12H,2,4-5,7H2,1H3. The molecule has 13 heavy (non-hydrogen) atoms. The van der Waals surface area contributed by atoms with Crippen LogP contribution in [0, 0.1) is 6.92 Å². The lowest BCUT2D eigenvalue weighted by molar-refractivity contribution is 0.459. The van der Waals surface area contributed by atoms with Gasteiger partial charge in [-0.2, -0.15) is 0 Å². The van der Waals surface area contributed by atoms with Crippen molar-refractivity contribution >= 4 is 0 Å². The Labute approximate surface area is 78.2 Å². The number of aryl methyl sites for hydroxylation is 1. The van der Waals surface area contributed by atoms with E-state index in [1.54, 1.807) is 6.20 Å². The van der Waals surface area contributed by atoms with Gasteiger partial charge in [0.1, 0.15) is 0 Å². The van der Waals surface area contributed by atoms with E-state index in [-0.39, 0.29) is 6.67 Å². The average molecular weight is 182 g/mol. The highest BCUT2D eigenvalue weighted by molar-refractivity contribution is 5.20. The topological polar surface area (TPSA) is 24.9 Å². The minimum absolute atomic E-state index is 0.251. The molecule has 1 rings (SSSR count). The van der Waals surface area contributed by atoms with E-state index in [1.165, 1.54) is 11.1 Å². The molecule has 0 bridgehead atoms. The summed E-state index contributed by atoms with van der Waals surface area (Å²) in [6, 6.07) is 1.98. The van der Waals surface area contributed by atoms with Crippen LogP contribution in [0.5, 0.6) is 0 Å². The molecule has 0 atom stereocenters. The van der Waals surface area contributed by atoms with Gasteiger partial charge < -0.3 is 5.32 Å². The summed E-state index contributed by atoms with van der Waals surface area (Å²) in [6.45, 7) is 3.30. The van der Waals surface area contributed by atoms with Crippen LogP contribution in [-0.2, 0) is 6.54 Å². The molecule has 0 saturated carbocycles. The smallest absolute Gasteiger partial charge is 0.0906 e. The van der Waals surface area contributed by atoms with Crippen molar-refractivity contribution in [1.82, 2.24) is 10.3 Å². The first-order valence-electron chi connectivity index (χ1n) is 4.51. The number of hydrogen-bond donors (Lipinski definition) is 1. The van der Waals surface area contributed by atoms with E-state index in [9.17, 15) is 4.39 Å². The van der Waals surface area contributed by atoms with Crippen molar-refractivity contribution in [3.8, 4) is 0 Å². The predicted molar refractivity (Wildman–Crippen MR) is 51.3 cm³/mol. The van der Waals surface area contributed by atoms with E-state index < -0.39 is 0 Å². The summed E-state index contributed by atoms with van der Waals surface area (Å²) < 4.78 is 11.7. The van der Waals surface area contributed by atoms with E-state index in [0.29, 0.717) is 6.42 Å². The quantitative estimate of drug-likeness (QED) is 0.703. The van der Waals surface area contributed by atoms with Crippen molar-refractivity contribution in [3.05, 3.63) is 29.6 Å². The summed E-state index contributed by atoms with van der Waals surface area (Å²) in [5.41, 5.74) is 2.41. The third kappa shape index (κ3) is 3.51. The lowest BCUT2D eigenvalue weighted by Gasteiger charge is -2.05. The van der Waals surface area contributed by atoms with Crippen LogP contribution in [0.4, 0.5) is 4.39 Å². The first kappa shape index (κ1) is 10.1. The lowest BCUT2D eigenvalue weighted by atomic mass is 10.1. The fourth-order valence-corrected chi connectivity index (χ4v) is 1.10. The highest BCUT2D eigenvalue weighted by atomic mass is 19.1. The largest absolute Gasteiger partial charge is 0.313 e. The lowest BCUT2D eigenvalue weighted by Crippen LogP contribution is -2.15. The van der Waals surface area contributed by atoms with E-state index in [0.717, 1.165) is 13.1 Å². The molecule has 1 aromatic rings. The molecular formula is C10H15FN2. The Hall–Kier alpha value is -0.960. The molecule has 3 heteroatoms. The molecule has 0 aliphatic carbocycles. The van der Waals surface area contributed by atoms with Crippen molar-refractivity contribution in [1.29, 1.82) is 0 Å². The highest BCUT2D eigenvalue weighted by Crippen LogP contribution is 2.03. The number of halogens is 1. The van der Waals surface area contributed by atoms with E-state index in [2.05, 4.69) is 10.3 Å². The summed E-state index contributed by atoms with van der Waals surface area (Å²) in [6.07, 6.45) is 4.21. The van der Waals surface area contributed by atoms with E-state index in [4.69, 9.17) is 0 Å². The second kappa shape index (κ2) is 5.65. The summed E-state index contributed by atoms with van der Waals surface area (Å²) in [5, 5.41) is 3.16. The van der Waals surface area contributed by atoms with Crippen LogP contribution in [0.25, 0.3) is 0 Å². The minimum Gasteiger partial charge on any atom is -0.313 e. The van der Waals surface area contributed by atoms with Crippen molar-refractivity contribution in [2.75, 3.05) is 13.2 Å². The van der Waals surface area contributed by atoms with Crippen molar-refractivity contribution < 1.29 is 4.39 Å². The Morgan fingerprint density at radius 1 is 1.54 bits per heavy atom. The SMILES string of the molecule is Cc1ccncc1CNCCCF. The van der Waals surface area contributed by atoms with Crippen LogP contribution < -0.4 is 5.32 Å². The van der Waals surface area contributed by atoms with Crippen LogP contribution in [-0.4, -0.2) is 18.2 Å². The highest BCUT2D eigenvalue weighted by Gasteiger charge is 1.95. The maximum atomic E-state index is 11.7. The van der Waals surface area contributed by atoms with Crippen molar-refractivity contribution in [3.63, 3.8) is 0 Å². The molecule has 0 amide bonds. The monoisotopic (exact) mass is 182 g/mol. The van der Waals surface area contributed by atoms with Gasteiger partial charge >= 0.3 is 0 Å². The number of pyridine rings is 1. The molecule has 0 saturated heterocycles. The number of alkyl halides is 1. The summed E-state index contributed by atoms with van der Waals surface area (Å²) in [7, 11) is 0. The maximum Gasteiger partial charge on any atom is 0.0906 e. The van der Waals surface area contributed by atoms with Crippen molar-refractivity contribution in [2.24, 2.45) is 0 Å². The zero-order valence-electron chi connectivity index (χ0n) is 7.89. The Bertz CT molecular complexity index is 250. The molecule has 2 nitrogen and oxygen atoms in total. The third-order valence-corrected chi connectivity index (χ3v) is 1.95. The normalized spacial score (nSPS) is 10.3. The second-order valence-corrected chi connectivity index (χ2v) is 3.02. The van der Waals surface area contributed by atoms with Gasteiger partial charge in [-0.1, -0.05) is 0 Å². The fraction of sp³-hybridized carbons (Fsp3) is 0.500. The number of hydrogen-bond acceptors (Lipinski definition) is 2. The molecule has 0 unspecified atom stereocenters. The van der Waals surface area contributed by atoms with E-state index >= 15 is 0 Å². The molecule has 0 fully saturated rings. The fourth-order valence-electron chi connectivity index (χ4n) is 1.10. The van der Waals surface area contributed by atoms with Crippen LogP contribution >= 0.6 is 0 Å². The number of rotatable bonds is 5. The molecule has 0 aliphatic heterocycles. The Morgan fingerprint density at radius 3 is 3.08 bits per heavy atom. The second-order valence-electron chi connectivity index (χ2n) is 3.02. The molecular weight excluding hydrogens is 167 g/mol. The first-order valence-corrected chi connectivity index (χ1v) is 4.51. The first-order chi connectivity index (χ1) is 6.34. The molecule has 0 radical (unpaired) electrons. The van der Waals surface area contributed by atoms with Gasteiger partial charge in [-0.15, -0.1) is 0 Å². The summed E-state index contributed by atoms with van der Waals surface area (Å²) in [5.74, 6) is 0. The summed E-state index contributed by atoms with van der Waals surface area (Å²) >= 11 is 0. The molecule has 1 aromatic heterocycles. The molecule has 0 aromatic carbocycles. The molecule has 1 N–H and O–H groups in total. The van der Waals surface area contributed by atoms with Gasteiger partial charge in [-0.05, 0) is 37.1 Å². The molecule has 0 spiro atoms. The van der Waals surface area contributed by atoms with Gasteiger partial charge in [0, 0.05) is 18.9 Å². The number of nitrogens with one attached hydrogen (secondary N) is 1. The summed E-state index contributed by atoms with van der Waals surface area (Å²) in [4.78, 5) is 4.03. The number of nitrogens with zero attached hydrogens (tertiary/aromatic N) is 1. The zero-order chi connectivity index (χ0) is 9.52. The molecule has 72 valence electrons.